The summed E-state index contributed by atoms with van der Waals surface area (Å²) in [4.78, 5) is 15.6. The Balaban J connectivity index is 1.32. The van der Waals surface area contributed by atoms with Gasteiger partial charge in [0.2, 0.25) is 11.7 Å². The van der Waals surface area contributed by atoms with Crippen LogP contribution < -0.4 is 0 Å². The summed E-state index contributed by atoms with van der Waals surface area (Å²) in [5, 5.41) is 8.49. The first-order valence-electron chi connectivity index (χ1n) is 10.5. The predicted molar refractivity (Wildman–Crippen MR) is 117 cm³/mol. The molecule has 0 aliphatic carbocycles. The van der Waals surface area contributed by atoms with E-state index in [1.165, 1.54) is 24.0 Å². The molecule has 0 atom stereocenters. The van der Waals surface area contributed by atoms with Gasteiger partial charge in [-0.2, -0.15) is 10.1 Å². The molecule has 0 saturated heterocycles. The van der Waals surface area contributed by atoms with Crippen molar-refractivity contribution >= 4 is 0 Å². The number of aromatic nitrogens is 7. The first-order chi connectivity index (χ1) is 16.2. The van der Waals surface area contributed by atoms with Crippen LogP contribution in [0, 0.1) is 5.82 Å². The molecule has 0 spiro atoms. The Morgan fingerprint density at radius 1 is 1.09 bits per heavy atom. The molecule has 0 fully saturated rings. The van der Waals surface area contributed by atoms with Gasteiger partial charge in [0.25, 0.3) is 0 Å². The van der Waals surface area contributed by atoms with Crippen molar-refractivity contribution in [2.45, 2.75) is 19.6 Å². The summed E-state index contributed by atoms with van der Waals surface area (Å²) in [5.74, 6) is 1.16. The second kappa shape index (κ2) is 7.75. The SMILES string of the molecule is CN(Cc1ccccc1)Cc1nc(-c2ncn3c2Cn2ncnc2-c2cc(F)ccc2-3)no1. The first-order valence-corrected chi connectivity index (χ1v) is 10.5. The Labute approximate surface area is 188 Å². The molecule has 0 saturated carbocycles. The van der Waals surface area contributed by atoms with E-state index in [4.69, 9.17) is 4.52 Å². The molecule has 0 bridgehead atoms. The average Bonchev–Trinajstić information content (AvgIpc) is 3.54. The zero-order chi connectivity index (χ0) is 22.4. The van der Waals surface area contributed by atoms with Gasteiger partial charge in [0.15, 0.2) is 5.82 Å². The van der Waals surface area contributed by atoms with E-state index in [2.05, 4.69) is 42.2 Å². The van der Waals surface area contributed by atoms with Gasteiger partial charge >= 0.3 is 0 Å². The minimum atomic E-state index is -0.338. The van der Waals surface area contributed by atoms with Crippen molar-refractivity contribution in [2.75, 3.05) is 7.05 Å². The van der Waals surface area contributed by atoms with E-state index < -0.39 is 0 Å². The summed E-state index contributed by atoms with van der Waals surface area (Å²) < 4.78 is 23.1. The third-order valence-electron chi connectivity index (χ3n) is 5.62. The van der Waals surface area contributed by atoms with Gasteiger partial charge in [-0.3, -0.25) is 9.47 Å². The normalized spacial score (nSPS) is 12.3. The molecule has 2 aromatic carbocycles. The summed E-state index contributed by atoms with van der Waals surface area (Å²) in [6.07, 6.45) is 3.15. The van der Waals surface area contributed by atoms with Crippen molar-refractivity contribution in [3.05, 3.63) is 84.2 Å². The van der Waals surface area contributed by atoms with Crippen LogP contribution in [0.3, 0.4) is 0 Å². The Bertz CT molecular complexity index is 1440. The molecule has 5 aromatic rings. The number of benzene rings is 2. The summed E-state index contributed by atoms with van der Waals surface area (Å²) in [7, 11) is 2.00. The van der Waals surface area contributed by atoms with Crippen molar-refractivity contribution < 1.29 is 8.91 Å². The van der Waals surface area contributed by atoms with Crippen LogP contribution in [0.1, 0.15) is 17.1 Å². The van der Waals surface area contributed by atoms with Crippen LogP contribution in [0.15, 0.2) is 65.7 Å². The number of hydrogen-bond acceptors (Lipinski definition) is 7. The summed E-state index contributed by atoms with van der Waals surface area (Å²) >= 11 is 0. The van der Waals surface area contributed by atoms with Gasteiger partial charge in [0.05, 0.1) is 24.5 Å². The number of rotatable bonds is 5. The summed E-state index contributed by atoms with van der Waals surface area (Å²) in [6.45, 7) is 1.66. The van der Waals surface area contributed by atoms with Crippen molar-refractivity contribution in [3.8, 4) is 28.6 Å². The van der Waals surface area contributed by atoms with Crippen LogP contribution in [0.25, 0.3) is 28.6 Å². The fourth-order valence-electron chi connectivity index (χ4n) is 4.14. The van der Waals surface area contributed by atoms with E-state index in [1.54, 1.807) is 17.1 Å². The summed E-state index contributed by atoms with van der Waals surface area (Å²) in [5.41, 5.74) is 4.03. The molecule has 9 nitrogen and oxygen atoms in total. The highest BCUT2D eigenvalue weighted by atomic mass is 19.1. The zero-order valence-corrected chi connectivity index (χ0v) is 17.8. The van der Waals surface area contributed by atoms with E-state index in [1.807, 2.05) is 29.8 Å². The molecule has 0 amide bonds. The number of hydrogen-bond donors (Lipinski definition) is 0. The van der Waals surface area contributed by atoms with Gasteiger partial charge < -0.3 is 4.52 Å². The van der Waals surface area contributed by atoms with Crippen LogP contribution in [0.5, 0.6) is 0 Å². The van der Waals surface area contributed by atoms with Crippen molar-refractivity contribution in [3.63, 3.8) is 0 Å². The van der Waals surface area contributed by atoms with Gasteiger partial charge in [0, 0.05) is 12.1 Å². The zero-order valence-electron chi connectivity index (χ0n) is 17.8. The van der Waals surface area contributed by atoms with Gasteiger partial charge in [-0.25, -0.2) is 19.0 Å². The topological polar surface area (TPSA) is 90.7 Å². The molecule has 164 valence electrons. The average molecular weight is 442 g/mol. The molecule has 33 heavy (non-hydrogen) atoms. The van der Waals surface area contributed by atoms with Crippen LogP contribution in [-0.4, -0.2) is 46.4 Å². The maximum absolute atomic E-state index is 14.0. The Morgan fingerprint density at radius 3 is 2.85 bits per heavy atom. The van der Waals surface area contributed by atoms with E-state index in [0.717, 1.165) is 17.9 Å². The maximum atomic E-state index is 14.0. The molecule has 0 unspecified atom stereocenters. The molecule has 1 aliphatic rings. The molecular formula is C23H19FN8O. The predicted octanol–water partition coefficient (Wildman–Crippen LogP) is 3.31. The van der Waals surface area contributed by atoms with E-state index in [0.29, 0.717) is 41.9 Å². The molecule has 0 N–H and O–H groups in total. The molecule has 6 rings (SSSR count). The first kappa shape index (κ1) is 19.5. The third kappa shape index (κ3) is 3.50. The van der Waals surface area contributed by atoms with Gasteiger partial charge in [-0.15, -0.1) is 0 Å². The largest absolute Gasteiger partial charge is 0.337 e. The fraction of sp³-hybridized carbons (Fsp3) is 0.174. The lowest BCUT2D eigenvalue weighted by Gasteiger charge is -2.13. The number of nitrogens with zero attached hydrogens (tertiary/aromatic N) is 8. The van der Waals surface area contributed by atoms with Crippen molar-refractivity contribution in [1.82, 2.24) is 39.4 Å². The lowest BCUT2D eigenvalue weighted by Crippen LogP contribution is -2.17. The van der Waals surface area contributed by atoms with Crippen LogP contribution >= 0.6 is 0 Å². The number of imidazole rings is 1. The molecule has 3 aromatic heterocycles. The second-order valence-corrected chi connectivity index (χ2v) is 7.98. The molecule has 4 heterocycles. The quantitative estimate of drug-likeness (QED) is 0.405. The van der Waals surface area contributed by atoms with Gasteiger partial charge in [0.1, 0.15) is 24.2 Å². The molecule has 1 aliphatic heterocycles. The maximum Gasteiger partial charge on any atom is 0.241 e. The summed E-state index contributed by atoms with van der Waals surface area (Å²) in [6, 6.07) is 14.8. The lowest BCUT2D eigenvalue weighted by molar-refractivity contribution is 0.261. The van der Waals surface area contributed by atoms with Crippen LogP contribution in [0.4, 0.5) is 4.39 Å². The Kier molecular flexibility index (Phi) is 4.58. The monoisotopic (exact) mass is 442 g/mol. The van der Waals surface area contributed by atoms with Gasteiger partial charge in [-0.05, 0) is 30.8 Å². The van der Waals surface area contributed by atoms with Crippen molar-refractivity contribution in [2.24, 2.45) is 0 Å². The smallest absolute Gasteiger partial charge is 0.241 e. The Morgan fingerprint density at radius 2 is 1.97 bits per heavy atom. The second-order valence-electron chi connectivity index (χ2n) is 7.98. The van der Waals surface area contributed by atoms with E-state index in [-0.39, 0.29) is 5.82 Å². The lowest BCUT2D eigenvalue weighted by atomic mass is 10.1. The van der Waals surface area contributed by atoms with Crippen LogP contribution in [0.2, 0.25) is 0 Å². The fourth-order valence-corrected chi connectivity index (χ4v) is 4.14. The molecule has 10 heteroatoms. The highest BCUT2D eigenvalue weighted by Crippen LogP contribution is 2.33. The molecule has 0 radical (unpaired) electrons. The highest BCUT2D eigenvalue weighted by molar-refractivity contribution is 5.70. The standard InChI is InChI=1S/C23H19FN8O/c1-30(10-15-5-3-2-4-6-15)12-20-28-22(29-33-20)21-19-11-32-23(25-13-27-32)17-9-16(24)7-8-18(17)31(19)14-26-21/h2-9,13-14H,10-12H2,1H3. The Hall–Kier alpha value is -4.18. The highest BCUT2D eigenvalue weighted by Gasteiger charge is 2.26. The van der Waals surface area contributed by atoms with Crippen molar-refractivity contribution in [1.29, 1.82) is 0 Å². The van der Waals surface area contributed by atoms with Gasteiger partial charge in [-0.1, -0.05) is 35.5 Å². The molecular weight excluding hydrogens is 423 g/mol. The minimum Gasteiger partial charge on any atom is -0.337 e. The van der Waals surface area contributed by atoms with Crippen LogP contribution in [-0.2, 0) is 19.6 Å². The van der Waals surface area contributed by atoms with E-state index in [9.17, 15) is 4.39 Å². The minimum absolute atomic E-state index is 0.338. The number of halogens is 1. The van der Waals surface area contributed by atoms with E-state index >= 15 is 0 Å². The number of fused-ring (bicyclic) bond motifs is 5. The third-order valence-corrected chi connectivity index (χ3v) is 5.62.